The number of nitriles is 1. The summed E-state index contributed by atoms with van der Waals surface area (Å²) in [4.78, 5) is 42.0. The number of nitro groups is 1. The molecule has 0 bridgehead atoms. The first-order chi connectivity index (χ1) is 28.9. The second kappa shape index (κ2) is 15.9. The molecule has 0 unspecified atom stereocenters. The Morgan fingerprint density at radius 3 is 1.53 bits per heavy atom. The quantitative estimate of drug-likeness (QED) is 0.138. The number of fused-ring (bicyclic) bond motifs is 6. The first-order valence-corrected chi connectivity index (χ1v) is 19.9. The summed E-state index contributed by atoms with van der Waals surface area (Å²) in [5.41, 5.74) is 3.14. The Bertz CT molecular complexity index is 3010. The van der Waals surface area contributed by atoms with E-state index >= 15 is 0 Å². The van der Waals surface area contributed by atoms with Crippen molar-refractivity contribution in [3.05, 3.63) is 145 Å². The molecule has 0 radical (unpaired) electrons. The normalized spacial score (nSPS) is 14.4. The average molecular weight is 789 g/mol. The van der Waals surface area contributed by atoms with Crippen molar-refractivity contribution in [2.45, 2.75) is 51.6 Å². The summed E-state index contributed by atoms with van der Waals surface area (Å²) in [6, 6.07) is 31.2. The lowest BCUT2D eigenvalue weighted by molar-refractivity contribution is -0.384. The Kier molecular flexibility index (Phi) is 9.99. The molecule has 59 heavy (non-hydrogen) atoms. The number of rotatable bonds is 7. The minimum absolute atomic E-state index is 0.111. The Morgan fingerprint density at radius 2 is 1.05 bits per heavy atom. The van der Waals surface area contributed by atoms with E-state index in [1.165, 1.54) is 25.0 Å². The van der Waals surface area contributed by atoms with Crippen LogP contribution in [0, 0.1) is 21.4 Å². The number of hydrogen-bond donors (Lipinski definition) is 0. The van der Waals surface area contributed by atoms with Crippen LogP contribution in [-0.2, 0) is 13.1 Å². The Balaban J connectivity index is 0.000000153. The van der Waals surface area contributed by atoms with Gasteiger partial charge in [0.05, 0.1) is 51.5 Å². The van der Waals surface area contributed by atoms with Crippen LogP contribution in [0.4, 0.5) is 17.6 Å². The van der Waals surface area contributed by atoms with Gasteiger partial charge in [0.2, 0.25) is 23.5 Å². The van der Waals surface area contributed by atoms with Gasteiger partial charge < -0.3 is 9.80 Å². The number of aromatic nitrogens is 8. The summed E-state index contributed by atoms with van der Waals surface area (Å²) >= 11 is 0. The van der Waals surface area contributed by atoms with E-state index < -0.39 is 4.92 Å². The highest BCUT2D eigenvalue weighted by atomic mass is 16.6. The van der Waals surface area contributed by atoms with Gasteiger partial charge in [-0.3, -0.25) is 28.8 Å². The minimum atomic E-state index is -0.480. The summed E-state index contributed by atoms with van der Waals surface area (Å²) in [5.74, 6) is 2.39. The number of anilines is 2. The zero-order valence-electron chi connectivity index (χ0n) is 32.2. The van der Waals surface area contributed by atoms with Gasteiger partial charge in [-0.15, -0.1) is 20.4 Å². The summed E-state index contributed by atoms with van der Waals surface area (Å²) in [5, 5.41) is 39.1. The molecule has 0 atom stereocenters. The molecule has 2 aliphatic heterocycles. The van der Waals surface area contributed by atoms with Crippen molar-refractivity contribution in [3.63, 3.8) is 0 Å². The van der Waals surface area contributed by atoms with Crippen molar-refractivity contribution in [1.82, 2.24) is 38.3 Å². The summed E-state index contributed by atoms with van der Waals surface area (Å²) in [6.07, 6.45) is 6.74. The van der Waals surface area contributed by atoms with Crippen LogP contribution in [0.3, 0.4) is 0 Å². The third-order valence-corrected chi connectivity index (χ3v) is 11.1. The highest BCUT2D eigenvalue weighted by Gasteiger charge is 2.24. The highest BCUT2D eigenvalue weighted by Crippen LogP contribution is 2.27. The molecule has 2 fully saturated rings. The van der Waals surface area contributed by atoms with Crippen LogP contribution in [0.25, 0.3) is 33.4 Å². The summed E-state index contributed by atoms with van der Waals surface area (Å²) in [6.45, 7) is 4.29. The van der Waals surface area contributed by atoms with E-state index in [1.807, 2.05) is 75.5 Å². The number of nitro benzene ring substituents is 1. The van der Waals surface area contributed by atoms with Crippen molar-refractivity contribution in [2.75, 3.05) is 36.0 Å². The lowest BCUT2D eigenvalue weighted by Crippen LogP contribution is -2.28. The molecule has 10 rings (SSSR count). The van der Waals surface area contributed by atoms with Crippen LogP contribution in [0.5, 0.6) is 0 Å². The largest absolute Gasteiger partial charge is 0.341 e. The lowest BCUT2D eigenvalue weighted by atomic mass is 10.1. The van der Waals surface area contributed by atoms with Gasteiger partial charge in [0.25, 0.3) is 16.8 Å². The minimum Gasteiger partial charge on any atom is -0.341 e. The van der Waals surface area contributed by atoms with Crippen LogP contribution in [-0.4, -0.2) is 69.4 Å². The molecule has 4 aromatic heterocycles. The number of non-ortho nitro benzene ring substituents is 1. The summed E-state index contributed by atoms with van der Waals surface area (Å²) < 4.78 is 7.02. The number of benzene rings is 4. The van der Waals surface area contributed by atoms with E-state index in [9.17, 15) is 25.0 Å². The standard InChI is InChI=1S/C22H22N6O3.C21H18N6O/c29-20-18-14-17(28(30)31)10-11-19(18)27-21(25-12-6-1-2-7-13-25)23-24-22(27)26(20)15-16-8-4-3-5-9-16;22-13-16-8-9-18-17(12-16)19(28)26(14-15-6-2-1-3-7-15)21-24-23-20(27(18)21)25-10-4-5-11-25/h3-5,8-11,14H,1-2,6-7,12-13,15H2;1-3,6-9,12H,4-5,10-11,14H2. The molecular formula is C43H40N12O4. The Hall–Kier alpha value is -7.41. The van der Waals surface area contributed by atoms with E-state index in [2.05, 4.69) is 36.3 Å². The SMILES string of the molecule is N#Cc1ccc2c(c1)c(=O)n(Cc1ccccc1)c1nnc(N3CCCC3)n21.O=c1c2cc([N+](=O)[O-])ccc2n2c(N3CCCCCC3)nnc2n1Cc1ccccc1. The molecule has 16 nitrogen and oxygen atoms in total. The molecule has 296 valence electrons. The van der Waals surface area contributed by atoms with E-state index in [4.69, 9.17) is 0 Å². The van der Waals surface area contributed by atoms with Gasteiger partial charge in [-0.2, -0.15) is 5.26 Å². The molecule has 0 aliphatic carbocycles. The van der Waals surface area contributed by atoms with Crippen LogP contribution < -0.4 is 20.9 Å². The van der Waals surface area contributed by atoms with Crippen LogP contribution in [0.1, 0.15) is 55.2 Å². The first kappa shape index (κ1) is 37.2. The van der Waals surface area contributed by atoms with Crippen LogP contribution in [0.15, 0.2) is 107 Å². The predicted octanol–water partition coefficient (Wildman–Crippen LogP) is 5.95. The second-order valence-electron chi connectivity index (χ2n) is 14.9. The van der Waals surface area contributed by atoms with Crippen molar-refractivity contribution < 1.29 is 4.92 Å². The predicted molar refractivity (Wildman–Crippen MR) is 224 cm³/mol. The maximum atomic E-state index is 13.4. The fraction of sp³-hybridized carbons (Fsp3) is 0.279. The van der Waals surface area contributed by atoms with Crippen molar-refractivity contribution in [1.29, 1.82) is 5.26 Å². The van der Waals surface area contributed by atoms with Crippen molar-refractivity contribution in [2.24, 2.45) is 0 Å². The van der Waals surface area contributed by atoms with Gasteiger partial charge in [-0.1, -0.05) is 73.5 Å². The Morgan fingerprint density at radius 1 is 0.593 bits per heavy atom. The van der Waals surface area contributed by atoms with Crippen LogP contribution in [0.2, 0.25) is 0 Å². The second-order valence-corrected chi connectivity index (χ2v) is 14.9. The molecule has 2 aliphatic rings. The number of nitrogens with zero attached hydrogens (tertiary/aromatic N) is 12. The molecule has 0 saturated carbocycles. The summed E-state index contributed by atoms with van der Waals surface area (Å²) in [7, 11) is 0. The fourth-order valence-corrected chi connectivity index (χ4v) is 8.18. The molecule has 8 aromatic rings. The first-order valence-electron chi connectivity index (χ1n) is 19.9. The highest BCUT2D eigenvalue weighted by molar-refractivity contribution is 5.84. The van der Waals surface area contributed by atoms with E-state index in [1.54, 1.807) is 27.3 Å². The molecule has 0 amide bonds. The van der Waals surface area contributed by atoms with E-state index in [0.29, 0.717) is 47.1 Å². The van der Waals surface area contributed by atoms with Gasteiger partial charge in [-0.25, -0.2) is 8.80 Å². The zero-order chi connectivity index (χ0) is 40.5. The topological polar surface area (TPSA) is 178 Å². The molecule has 0 N–H and O–H groups in total. The van der Waals surface area contributed by atoms with Gasteiger partial charge in [-0.05, 0) is 61.1 Å². The maximum Gasteiger partial charge on any atom is 0.270 e. The molecular weight excluding hydrogens is 749 g/mol. The van der Waals surface area contributed by atoms with Gasteiger partial charge in [0.15, 0.2) is 0 Å². The monoisotopic (exact) mass is 788 g/mol. The smallest absolute Gasteiger partial charge is 0.270 e. The van der Waals surface area contributed by atoms with E-state index in [0.717, 1.165) is 74.5 Å². The zero-order valence-corrected chi connectivity index (χ0v) is 32.2. The molecule has 4 aromatic carbocycles. The third-order valence-electron chi connectivity index (χ3n) is 11.1. The molecule has 0 spiro atoms. The van der Waals surface area contributed by atoms with Crippen LogP contribution >= 0.6 is 0 Å². The molecule has 6 heterocycles. The fourth-order valence-electron chi connectivity index (χ4n) is 8.18. The number of hydrogen-bond acceptors (Lipinski definition) is 11. The Labute approximate surface area is 337 Å². The molecule has 16 heteroatoms. The average Bonchev–Trinajstić information content (AvgIpc) is 4.02. The molecule has 2 saturated heterocycles. The van der Waals surface area contributed by atoms with Crippen molar-refractivity contribution in [3.8, 4) is 6.07 Å². The van der Waals surface area contributed by atoms with Crippen molar-refractivity contribution >= 4 is 50.9 Å². The van der Waals surface area contributed by atoms with Gasteiger partial charge >= 0.3 is 0 Å². The lowest BCUT2D eigenvalue weighted by Gasteiger charge is -2.21. The maximum absolute atomic E-state index is 13.4. The van der Waals surface area contributed by atoms with Gasteiger partial charge in [0.1, 0.15) is 0 Å². The van der Waals surface area contributed by atoms with E-state index in [-0.39, 0.29) is 22.2 Å². The van der Waals surface area contributed by atoms with Gasteiger partial charge in [0, 0.05) is 38.3 Å². The third kappa shape index (κ3) is 7.00.